The average molecular weight is 497 g/mol. The molecule has 0 aliphatic heterocycles. The molecule has 0 amide bonds. The average Bonchev–Trinajstić information content (AvgIpc) is 3.24. The molecular weight excluding hydrogens is 470 g/mol. The zero-order valence-corrected chi connectivity index (χ0v) is 22.4. The van der Waals surface area contributed by atoms with Crippen molar-refractivity contribution < 1.29 is 53.0 Å². The van der Waals surface area contributed by atoms with Crippen molar-refractivity contribution in [2.45, 2.75) is 32.4 Å². The number of aliphatic carboxylic acids is 1. The van der Waals surface area contributed by atoms with Crippen molar-refractivity contribution >= 4 is 5.97 Å². The van der Waals surface area contributed by atoms with Crippen LogP contribution in [0, 0.1) is 12.7 Å². The van der Waals surface area contributed by atoms with Crippen LogP contribution in [-0.2, 0) is 24.2 Å². The van der Waals surface area contributed by atoms with Gasteiger partial charge in [0, 0.05) is 18.5 Å². The Morgan fingerprint density at radius 3 is 2.36 bits per heavy atom. The second kappa shape index (κ2) is 13.4. The van der Waals surface area contributed by atoms with Gasteiger partial charge in [-0.05, 0) is 60.9 Å². The Kier molecular flexibility index (Phi) is 10.3. The second-order valence-electron chi connectivity index (χ2n) is 8.21. The third-order valence-corrected chi connectivity index (χ3v) is 5.63. The van der Waals surface area contributed by atoms with Crippen molar-refractivity contribution in [1.29, 1.82) is 0 Å². The summed E-state index contributed by atoms with van der Waals surface area (Å²) in [5.41, 5.74) is 3.41. The van der Waals surface area contributed by atoms with E-state index in [1.807, 2.05) is 61.5 Å². The Hall–Kier alpha value is -2.97. The van der Waals surface area contributed by atoms with Crippen LogP contribution in [0.2, 0.25) is 0 Å². The number of hydrogen-bond donors (Lipinski definition) is 1. The summed E-state index contributed by atoms with van der Waals surface area (Å²) >= 11 is 0. The molecule has 0 unspecified atom stereocenters. The van der Waals surface area contributed by atoms with E-state index in [2.05, 4.69) is 10.3 Å². The molecule has 1 N–H and O–H groups in total. The second-order valence-corrected chi connectivity index (χ2v) is 8.21. The minimum atomic E-state index is -1.19. The summed E-state index contributed by atoms with van der Waals surface area (Å²) in [5, 5.41) is 14.5. The molecule has 180 valence electrons. The fourth-order valence-electron chi connectivity index (χ4n) is 3.67. The number of ether oxygens (including phenoxy) is 1. The minimum absolute atomic E-state index is 0. The number of carbonyl (C=O) groups excluding carboxylic acids is 1. The molecular formula is C28H26FN2NaO4. The number of carboxylic acid groups (broad SMARTS) is 1. The van der Waals surface area contributed by atoms with E-state index in [0.29, 0.717) is 31.2 Å². The minimum Gasteiger partial charge on any atom is -0.548 e. The number of carboxylic acids is 1. The van der Waals surface area contributed by atoms with Gasteiger partial charge in [0.25, 0.3) is 0 Å². The van der Waals surface area contributed by atoms with Crippen molar-refractivity contribution in [3.63, 3.8) is 0 Å². The van der Waals surface area contributed by atoms with E-state index in [1.165, 1.54) is 12.1 Å². The Morgan fingerprint density at radius 1 is 1.03 bits per heavy atom. The maximum atomic E-state index is 13.0. The Balaban J connectivity index is 0.00000361. The first-order valence-corrected chi connectivity index (χ1v) is 11.4. The first-order chi connectivity index (χ1) is 17.0. The smallest absolute Gasteiger partial charge is 0.548 e. The molecule has 0 spiro atoms. The van der Waals surface area contributed by atoms with Crippen LogP contribution < -0.4 is 44.7 Å². The van der Waals surface area contributed by atoms with Gasteiger partial charge in [-0.25, -0.2) is 9.37 Å². The summed E-state index contributed by atoms with van der Waals surface area (Å²) in [6.45, 7) is 2.62. The maximum absolute atomic E-state index is 13.0. The Bertz CT molecular complexity index is 1250. The largest absolute Gasteiger partial charge is 1.00 e. The van der Waals surface area contributed by atoms with Gasteiger partial charge >= 0.3 is 29.6 Å². The molecule has 0 aliphatic rings. The zero-order valence-electron chi connectivity index (χ0n) is 20.4. The van der Waals surface area contributed by atoms with E-state index in [1.54, 1.807) is 12.1 Å². The van der Waals surface area contributed by atoms with E-state index in [4.69, 9.17) is 9.15 Å². The van der Waals surface area contributed by atoms with E-state index >= 15 is 0 Å². The number of nitrogens with zero attached hydrogens (tertiary/aromatic N) is 1. The standard InChI is InChI=1S/C28H27FN2O4.Na/c1-19-25(31-27(35-19)22-5-3-2-4-6-22)15-16-34-24-13-9-20(10-14-24)17-26(28(32)33)30-18-21-7-11-23(29)12-8-21;/h2-14,26,30H,15-18H2,1H3,(H,32,33);/q;+1/p-1/t26-;/m0./s1. The van der Waals surface area contributed by atoms with Gasteiger partial charge in [0.05, 0.1) is 24.3 Å². The van der Waals surface area contributed by atoms with Gasteiger partial charge in [-0.1, -0.05) is 42.5 Å². The van der Waals surface area contributed by atoms with Gasteiger partial charge in [0.15, 0.2) is 0 Å². The predicted octanol–water partition coefficient (Wildman–Crippen LogP) is 0.865. The topological polar surface area (TPSA) is 87.4 Å². The molecule has 1 atom stereocenters. The van der Waals surface area contributed by atoms with E-state index < -0.39 is 12.0 Å². The van der Waals surface area contributed by atoms with Crippen molar-refractivity contribution in [2.24, 2.45) is 0 Å². The summed E-state index contributed by atoms with van der Waals surface area (Å²) in [6, 6.07) is 22.1. The normalized spacial score (nSPS) is 11.5. The summed E-state index contributed by atoms with van der Waals surface area (Å²) in [6.07, 6.45) is 0.855. The third kappa shape index (κ3) is 7.77. The predicted molar refractivity (Wildman–Crippen MR) is 128 cm³/mol. The summed E-state index contributed by atoms with van der Waals surface area (Å²) in [4.78, 5) is 16.2. The molecule has 0 aliphatic carbocycles. The molecule has 0 saturated heterocycles. The van der Waals surface area contributed by atoms with E-state index in [-0.39, 0.29) is 41.8 Å². The van der Waals surface area contributed by atoms with E-state index in [0.717, 1.165) is 28.1 Å². The molecule has 4 rings (SSSR count). The quantitative estimate of drug-likeness (QED) is 0.310. The van der Waals surface area contributed by atoms with Crippen LogP contribution in [0.25, 0.3) is 11.5 Å². The number of rotatable bonds is 11. The Morgan fingerprint density at radius 2 is 1.69 bits per heavy atom. The van der Waals surface area contributed by atoms with Gasteiger partial charge in [0.1, 0.15) is 17.3 Å². The van der Waals surface area contributed by atoms with Crippen LogP contribution in [0.5, 0.6) is 5.75 Å². The van der Waals surface area contributed by atoms with Crippen molar-refractivity contribution in [1.82, 2.24) is 10.3 Å². The van der Waals surface area contributed by atoms with Gasteiger partial charge < -0.3 is 24.4 Å². The number of benzene rings is 3. The van der Waals surface area contributed by atoms with E-state index in [9.17, 15) is 14.3 Å². The van der Waals surface area contributed by atoms with Gasteiger partial charge in [-0.2, -0.15) is 0 Å². The fourth-order valence-corrected chi connectivity index (χ4v) is 3.67. The van der Waals surface area contributed by atoms with Crippen LogP contribution in [-0.4, -0.2) is 23.6 Å². The van der Waals surface area contributed by atoms with Crippen molar-refractivity contribution in [3.8, 4) is 17.2 Å². The van der Waals surface area contributed by atoms with Gasteiger partial charge in [0.2, 0.25) is 5.89 Å². The molecule has 0 fully saturated rings. The third-order valence-electron chi connectivity index (χ3n) is 5.63. The SMILES string of the molecule is Cc1oc(-c2ccccc2)nc1CCOc1ccc(C[C@H](NCc2ccc(F)cc2)C(=O)[O-])cc1.[Na+]. The molecule has 36 heavy (non-hydrogen) atoms. The summed E-state index contributed by atoms with van der Waals surface area (Å²) in [5.74, 6) is 0.524. The monoisotopic (exact) mass is 496 g/mol. The maximum Gasteiger partial charge on any atom is 1.00 e. The zero-order chi connectivity index (χ0) is 24.6. The number of aromatic nitrogens is 1. The molecule has 8 heteroatoms. The summed E-state index contributed by atoms with van der Waals surface area (Å²) < 4.78 is 24.7. The molecule has 1 heterocycles. The van der Waals surface area contributed by atoms with Crippen LogP contribution in [0.1, 0.15) is 22.6 Å². The molecule has 0 saturated carbocycles. The first kappa shape index (κ1) is 27.6. The molecule has 0 bridgehead atoms. The molecule has 4 aromatic rings. The molecule has 3 aromatic carbocycles. The first-order valence-electron chi connectivity index (χ1n) is 11.4. The van der Waals surface area contributed by atoms with Crippen molar-refractivity contribution in [2.75, 3.05) is 6.61 Å². The van der Waals surface area contributed by atoms with Crippen LogP contribution in [0.4, 0.5) is 4.39 Å². The number of carbonyl (C=O) groups is 1. The van der Waals surface area contributed by atoms with Crippen LogP contribution in [0.15, 0.2) is 83.3 Å². The molecule has 0 radical (unpaired) electrons. The Labute approximate surface area is 231 Å². The number of oxazole rings is 1. The van der Waals surface area contributed by atoms with Crippen LogP contribution >= 0.6 is 0 Å². The van der Waals surface area contributed by atoms with Gasteiger partial charge in [-0.15, -0.1) is 0 Å². The fraction of sp³-hybridized carbons (Fsp3) is 0.214. The summed E-state index contributed by atoms with van der Waals surface area (Å²) in [7, 11) is 0. The van der Waals surface area contributed by atoms with Crippen LogP contribution in [0.3, 0.4) is 0 Å². The molecule has 6 nitrogen and oxygen atoms in total. The molecule has 1 aromatic heterocycles. The number of nitrogens with one attached hydrogen (secondary N) is 1. The number of aryl methyl sites for hydroxylation is 1. The number of hydrogen-bond acceptors (Lipinski definition) is 6. The van der Waals surface area contributed by atoms with Gasteiger partial charge in [-0.3, -0.25) is 0 Å². The number of halogens is 1. The van der Waals surface area contributed by atoms with Crippen molar-refractivity contribution in [3.05, 3.63) is 107 Å².